The van der Waals surface area contributed by atoms with Crippen molar-refractivity contribution in [1.82, 2.24) is 0 Å². The van der Waals surface area contributed by atoms with Crippen LogP contribution in [0.2, 0.25) is 0 Å². The molecular formula is C6H7LiO5S. The van der Waals surface area contributed by atoms with E-state index in [4.69, 9.17) is 6.42 Å². The van der Waals surface area contributed by atoms with Crippen LogP contribution >= 0.6 is 0 Å². The fourth-order valence-electron chi connectivity index (χ4n) is 0.348. The molecule has 0 aliphatic carbocycles. The van der Waals surface area contributed by atoms with Crippen LogP contribution in [-0.2, 0) is 19.6 Å². The summed E-state index contributed by atoms with van der Waals surface area (Å²) in [5.74, 6) is 0.843. The fourth-order valence-corrected chi connectivity index (χ4v) is 0.652. The number of terminal acetylenes is 1. The van der Waals surface area contributed by atoms with Crippen molar-refractivity contribution in [2.24, 2.45) is 0 Å². The Balaban J connectivity index is 0. The molecule has 1 atom stereocenters. The van der Waals surface area contributed by atoms with E-state index in [9.17, 15) is 17.8 Å². The van der Waals surface area contributed by atoms with Crippen LogP contribution in [0.25, 0.3) is 0 Å². The molecule has 0 aromatic rings. The zero-order valence-corrected chi connectivity index (χ0v) is 8.13. The molecule has 0 fully saturated rings. The third-order valence-corrected chi connectivity index (χ3v) is 2.12. The van der Waals surface area contributed by atoms with Crippen molar-refractivity contribution in [3.05, 3.63) is 0 Å². The molecule has 0 rings (SSSR count). The number of hydrogen-bond acceptors (Lipinski definition) is 5. The Labute approximate surface area is 88.8 Å². The normalized spacial score (nSPS) is 12.1. The van der Waals surface area contributed by atoms with Gasteiger partial charge in [0.25, 0.3) is 0 Å². The average Bonchev–Trinajstić information content (AvgIpc) is 1.97. The van der Waals surface area contributed by atoms with E-state index < -0.39 is 21.3 Å². The maximum atomic E-state index is 10.7. The molecule has 0 spiro atoms. The van der Waals surface area contributed by atoms with Crippen molar-refractivity contribution in [2.45, 2.75) is 12.2 Å². The van der Waals surface area contributed by atoms with Crippen molar-refractivity contribution in [1.29, 1.82) is 0 Å². The van der Waals surface area contributed by atoms with Crippen LogP contribution < -0.4 is 18.9 Å². The van der Waals surface area contributed by atoms with Crippen molar-refractivity contribution < 1.29 is 41.4 Å². The number of carbonyl (C=O) groups excluding carboxylic acids is 1. The number of esters is 1. The summed E-state index contributed by atoms with van der Waals surface area (Å²) in [6.07, 6.45) is 4.73. The molecule has 0 bridgehead atoms. The standard InChI is InChI=1S/C6H8O5S.Li/c1-3-4-11-6(7)5(2)12(8,9)10;/h1,5H,4H2,2H3,(H,8,9,10);/q;+1/p-1. The largest absolute Gasteiger partial charge is 1.00 e. The van der Waals surface area contributed by atoms with Crippen molar-refractivity contribution in [3.63, 3.8) is 0 Å². The summed E-state index contributed by atoms with van der Waals surface area (Å²) in [6, 6.07) is 0. The molecule has 68 valence electrons. The van der Waals surface area contributed by atoms with E-state index in [1.807, 2.05) is 5.92 Å². The minimum Gasteiger partial charge on any atom is -0.747 e. The Morgan fingerprint density at radius 2 is 2.15 bits per heavy atom. The van der Waals surface area contributed by atoms with Gasteiger partial charge < -0.3 is 9.29 Å². The van der Waals surface area contributed by atoms with Gasteiger partial charge in [-0.05, 0) is 6.92 Å². The van der Waals surface area contributed by atoms with Crippen molar-refractivity contribution >= 4 is 16.1 Å². The molecule has 0 aromatic carbocycles. The van der Waals surface area contributed by atoms with E-state index in [0.717, 1.165) is 6.92 Å². The Morgan fingerprint density at radius 1 is 1.69 bits per heavy atom. The topological polar surface area (TPSA) is 83.5 Å². The van der Waals surface area contributed by atoms with Gasteiger partial charge in [0.05, 0.1) is 0 Å². The zero-order chi connectivity index (χ0) is 9.78. The monoisotopic (exact) mass is 198 g/mol. The number of hydrogen-bond donors (Lipinski definition) is 0. The second-order valence-electron chi connectivity index (χ2n) is 1.95. The summed E-state index contributed by atoms with van der Waals surface area (Å²) in [6.45, 7) is 0.611. The van der Waals surface area contributed by atoms with E-state index in [0.29, 0.717) is 0 Å². The summed E-state index contributed by atoms with van der Waals surface area (Å²) >= 11 is 0. The van der Waals surface area contributed by atoms with Crippen molar-refractivity contribution in [2.75, 3.05) is 6.61 Å². The summed E-state index contributed by atoms with van der Waals surface area (Å²) < 4.78 is 34.9. The molecule has 0 aromatic heterocycles. The molecule has 0 N–H and O–H groups in total. The van der Waals surface area contributed by atoms with Gasteiger partial charge in [0.1, 0.15) is 15.4 Å². The van der Waals surface area contributed by atoms with Crippen LogP contribution in [0.1, 0.15) is 6.92 Å². The number of carbonyl (C=O) groups is 1. The minimum atomic E-state index is -4.63. The maximum absolute atomic E-state index is 10.7. The summed E-state index contributed by atoms with van der Waals surface area (Å²) in [7, 11) is -4.63. The van der Waals surface area contributed by atoms with Gasteiger partial charge in [-0.1, -0.05) is 5.92 Å². The van der Waals surface area contributed by atoms with Gasteiger partial charge in [0.2, 0.25) is 0 Å². The molecule has 0 saturated heterocycles. The van der Waals surface area contributed by atoms with Crippen LogP contribution in [-0.4, -0.2) is 30.8 Å². The average molecular weight is 198 g/mol. The maximum Gasteiger partial charge on any atom is 1.00 e. The van der Waals surface area contributed by atoms with Gasteiger partial charge >= 0.3 is 24.8 Å². The smallest absolute Gasteiger partial charge is 0.747 e. The Morgan fingerprint density at radius 3 is 2.46 bits per heavy atom. The molecule has 0 aliphatic heterocycles. The van der Waals surface area contributed by atoms with Crippen LogP contribution in [0.3, 0.4) is 0 Å². The molecule has 5 nitrogen and oxygen atoms in total. The molecule has 0 amide bonds. The predicted molar refractivity (Wildman–Crippen MR) is 39.0 cm³/mol. The van der Waals surface area contributed by atoms with Crippen molar-refractivity contribution in [3.8, 4) is 12.3 Å². The first-order valence-electron chi connectivity index (χ1n) is 2.94. The van der Waals surface area contributed by atoms with Crippen LogP contribution in [0.4, 0.5) is 0 Å². The third kappa shape index (κ3) is 5.73. The Kier molecular flexibility index (Phi) is 7.01. The summed E-state index contributed by atoms with van der Waals surface area (Å²) in [5.41, 5.74) is 0. The van der Waals surface area contributed by atoms with Gasteiger partial charge in [0.15, 0.2) is 6.61 Å². The zero-order valence-electron chi connectivity index (χ0n) is 7.31. The van der Waals surface area contributed by atoms with E-state index in [1.54, 1.807) is 0 Å². The molecule has 0 radical (unpaired) electrons. The third-order valence-electron chi connectivity index (χ3n) is 1.06. The number of rotatable bonds is 3. The summed E-state index contributed by atoms with van der Waals surface area (Å²) in [4.78, 5) is 10.7. The minimum absolute atomic E-state index is 0. The SMILES string of the molecule is C#CCOC(=O)C(C)S(=O)(=O)[O-].[Li+]. The second kappa shape index (κ2) is 6.06. The first-order valence-corrected chi connectivity index (χ1v) is 4.41. The molecule has 0 saturated carbocycles. The predicted octanol–water partition coefficient (Wildman–Crippen LogP) is -3.90. The summed E-state index contributed by atoms with van der Waals surface area (Å²) in [5, 5.41) is -1.70. The number of ether oxygens (including phenoxy) is 1. The van der Waals surface area contributed by atoms with Gasteiger partial charge in [-0.15, -0.1) is 6.42 Å². The molecular weight excluding hydrogens is 191 g/mol. The van der Waals surface area contributed by atoms with Gasteiger partial charge in [-0.25, -0.2) is 8.42 Å². The van der Waals surface area contributed by atoms with Gasteiger partial charge in [-0.2, -0.15) is 0 Å². The van der Waals surface area contributed by atoms with E-state index in [-0.39, 0.29) is 25.5 Å². The first kappa shape index (κ1) is 15.0. The fraction of sp³-hybridized carbons (Fsp3) is 0.500. The quantitative estimate of drug-likeness (QED) is 0.200. The second-order valence-corrected chi connectivity index (χ2v) is 3.64. The molecule has 0 aliphatic rings. The van der Waals surface area contributed by atoms with Gasteiger partial charge in [0, 0.05) is 0 Å². The van der Waals surface area contributed by atoms with E-state index >= 15 is 0 Å². The Hall–Kier alpha value is -0.463. The first-order chi connectivity index (χ1) is 5.39. The van der Waals surface area contributed by atoms with E-state index in [2.05, 4.69) is 4.74 Å². The van der Waals surface area contributed by atoms with Crippen LogP contribution in [0.15, 0.2) is 0 Å². The molecule has 1 unspecified atom stereocenters. The van der Waals surface area contributed by atoms with Crippen LogP contribution in [0, 0.1) is 12.3 Å². The molecule has 13 heavy (non-hydrogen) atoms. The van der Waals surface area contributed by atoms with E-state index in [1.165, 1.54) is 0 Å². The van der Waals surface area contributed by atoms with Crippen LogP contribution in [0.5, 0.6) is 0 Å². The van der Waals surface area contributed by atoms with Gasteiger partial charge in [-0.3, -0.25) is 4.79 Å². The Bertz CT molecular complexity index is 301. The molecule has 0 heterocycles. The molecule has 7 heteroatoms.